The lowest BCUT2D eigenvalue weighted by atomic mass is 9.66. The van der Waals surface area contributed by atoms with E-state index in [2.05, 4.69) is 0 Å². The summed E-state index contributed by atoms with van der Waals surface area (Å²) in [5.74, 6) is 0. The second-order valence-corrected chi connectivity index (χ2v) is 6.89. The van der Waals surface area contributed by atoms with E-state index in [0.29, 0.717) is 0 Å². The van der Waals surface area contributed by atoms with E-state index in [9.17, 15) is 9.59 Å². The van der Waals surface area contributed by atoms with Crippen LogP contribution in [0.2, 0.25) is 0 Å². The van der Waals surface area contributed by atoms with Gasteiger partial charge in [0.25, 0.3) is 0 Å². The van der Waals surface area contributed by atoms with E-state index < -0.39 is 5.60 Å². The fraction of sp³-hybridized carbons (Fsp3) is 0.867. The average Bonchev–Trinajstić information content (AvgIpc) is 2.35. The normalized spacial score (nSPS) is 31.5. The van der Waals surface area contributed by atoms with Crippen molar-refractivity contribution in [2.45, 2.75) is 70.9 Å². The summed E-state index contributed by atoms with van der Waals surface area (Å²) in [6.45, 7) is 6.35. The molecule has 0 aromatic carbocycles. The van der Waals surface area contributed by atoms with Gasteiger partial charge in [0.15, 0.2) is 0 Å². The molecule has 0 bridgehead atoms. The van der Waals surface area contributed by atoms with Crippen LogP contribution in [0.25, 0.3) is 0 Å². The monoisotopic (exact) mass is 267 g/mol. The van der Waals surface area contributed by atoms with E-state index in [0.717, 1.165) is 51.4 Å². The molecule has 108 valence electrons. The van der Waals surface area contributed by atoms with E-state index in [1.807, 2.05) is 25.7 Å². The van der Waals surface area contributed by atoms with Crippen molar-refractivity contribution in [2.75, 3.05) is 6.54 Å². The number of likely N-dealkylation sites (tertiary alicyclic amines) is 1. The highest BCUT2D eigenvalue weighted by molar-refractivity contribution is 5.71. The Balaban J connectivity index is 2.16. The molecule has 1 aliphatic heterocycles. The van der Waals surface area contributed by atoms with Crippen molar-refractivity contribution in [1.82, 2.24) is 4.90 Å². The molecule has 4 nitrogen and oxygen atoms in total. The van der Waals surface area contributed by atoms with Crippen LogP contribution >= 0.6 is 0 Å². The van der Waals surface area contributed by atoms with E-state index in [1.165, 1.54) is 0 Å². The highest BCUT2D eigenvalue weighted by Gasteiger charge is 2.48. The molecule has 0 N–H and O–H groups in total. The number of ether oxygens (including phenoxy) is 1. The number of aldehydes is 1. The number of amides is 1. The van der Waals surface area contributed by atoms with E-state index >= 15 is 0 Å². The maximum atomic E-state index is 12.3. The summed E-state index contributed by atoms with van der Waals surface area (Å²) < 4.78 is 5.49. The van der Waals surface area contributed by atoms with Crippen LogP contribution in [0.4, 0.5) is 4.79 Å². The first-order chi connectivity index (χ1) is 8.88. The Morgan fingerprint density at radius 1 is 1.26 bits per heavy atom. The molecule has 1 saturated heterocycles. The minimum atomic E-state index is -0.479. The van der Waals surface area contributed by atoms with Crippen molar-refractivity contribution >= 4 is 12.4 Å². The summed E-state index contributed by atoms with van der Waals surface area (Å²) in [5.41, 5.74) is -0.791. The summed E-state index contributed by atoms with van der Waals surface area (Å²) in [6, 6.07) is 0.0438. The number of rotatable bonds is 1. The second kappa shape index (κ2) is 5.14. The van der Waals surface area contributed by atoms with Gasteiger partial charge in [-0.2, -0.15) is 0 Å². The van der Waals surface area contributed by atoms with Crippen LogP contribution in [0.5, 0.6) is 0 Å². The SMILES string of the molecule is CC(C)(C)OC(=O)N1CCCC2(C=O)CCCCC12. The van der Waals surface area contributed by atoms with Crippen LogP contribution in [0.3, 0.4) is 0 Å². The van der Waals surface area contributed by atoms with Gasteiger partial charge >= 0.3 is 6.09 Å². The fourth-order valence-electron chi connectivity index (χ4n) is 3.47. The third-order valence-corrected chi connectivity index (χ3v) is 4.31. The van der Waals surface area contributed by atoms with Gasteiger partial charge in [0.05, 0.1) is 0 Å². The molecule has 1 aliphatic carbocycles. The Bertz CT molecular complexity index is 357. The summed E-state index contributed by atoms with van der Waals surface area (Å²) in [7, 11) is 0. The van der Waals surface area contributed by atoms with Crippen molar-refractivity contribution in [1.29, 1.82) is 0 Å². The largest absolute Gasteiger partial charge is 0.444 e. The van der Waals surface area contributed by atoms with E-state index in [1.54, 1.807) is 0 Å². The lowest BCUT2D eigenvalue weighted by molar-refractivity contribution is -0.126. The van der Waals surface area contributed by atoms with Gasteiger partial charge in [0.2, 0.25) is 0 Å². The van der Waals surface area contributed by atoms with Gasteiger partial charge in [-0.05, 0) is 46.5 Å². The molecule has 1 heterocycles. The summed E-state index contributed by atoms with van der Waals surface area (Å²) >= 11 is 0. The molecule has 0 aromatic heterocycles. The van der Waals surface area contributed by atoms with Crippen molar-refractivity contribution in [3.8, 4) is 0 Å². The Morgan fingerprint density at radius 3 is 2.58 bits per heavy atom. The molecular formula is C15H25NO3. The fourth-order valence-corrected chi connectivity index (χ4v) is 3.47. The predicted molar refractivity (Wildman–Crippen MR) is 72.9 cm³/mol. The van der Waals surface area contributed by atoms with E-state index in [-0.39, 0.29) is 17.6 Å². The lowest BCUT2D eigenvalue weighted by Crippen LogP contribution is -2.57. The zero-order valence-electron chi connectivity index (χ0n) is 12.3. The second-order valence-electron chi connectivity index (χ2n) is 6.89. The number of carbonyl (C=O) groups excluding carboxylic acids is 2. The standard InChI is InChI=1S/C15H25NO3/c1-14(2,3)19-13(18)16-10-6-9-15(11-17)8-5-4-7-12(15)16/h11-12H,4-10H2,1-3H3. The lowest BCUT2D eigenvalue weighted by Gasteiger charge is -2.49. The Labute approximate surface area is 115 Å². The van der Waals surface area contributed by atoms with Crippen molar-refractivity contribution < 1.29 is 14.3 Å². The molecule has 0 radical (unpaired) electrons. The van der Waals surface area contributed by atoms with Crippen molar-refractivity contribution in [3.05, 3.63) is 0 Å². The first-order valence-electron chi connectivity index (χ1n) is 7.34. The van der Waals surface area contributed by atoms with Crippen LogP contribution in [-0.4, -0.2) is 35.5 Å². The number of piperidine rings is 1. The molecule has 1 saturated carbocycles. The minimum Gasteiger partial charge on any atom is -0.444 e. The predicted octanol–water partition coefficient (Wildman–Crippen LogP) is 3.15. The number of carbonyl (C=O) groups is 2. The topological polar surface area (TPSA) is 46.6 Å². The quantitative estimate of drug-likeness (QED) is 0.686. The van der Waals surface area contributed by atoms with Gasteiger partial charge in [0.1, 0.15) is 11.9 Å². The van der Waals surface area contributed by atoms with E-state index in [4.69, 9.17) is 4.74 Å². The highest BCUT2D eigenvalue weighted by atomic mass is 16.6. The summed E-state index contributed by atoms with van der Waals surface area (Å²) in [4.78, 5) is 25.7. The third kappa shape index (κ3) is 2.93. The molecule has 2 aliphatic rings. The number of hydrogen-bond acceptors (Lipinski definition) is 3. The van der Waals surface area contributed by atoms with Gasteiger partial charge in [-0.25, -0.2) is 4.79 Å². The van der Waals surface area contributed by atoms with Crippen LogP contribution in [0.15, 0.2) is 0 Å². The zero-order valence-corrected chi connectivity index (χ0v) is 12.3. The number of fused-ring (bicyclic) bond motifs is 1. The van der Waals surface area contributed by atoms with Gasteiger partial charge < -0.3 is 14.4 Å². The van der Waals surface area contributed by atoms with Crippen LogP contribution in [0.1, 0.15) is 59.3 Å². The smallest absolute Gasteiger partial charge is 0.410 e. The van der Waals surface area contributed by atoms with Gasteiger partial charge in [-0.3, -0.25) is 0 Å². The number of hydrogen-bond donors (Lipinski definition) is 0. The minimum absolute atomic E-state index is 0.0438. The summed E-state index contributed by atoms with van der Waals surface area (Å²) in [6.07, 6.45) is 6.70. The maximum Gasteiger partial charge on any atom is 0.410 e. The Hall–Kier alpha value is -1.06. The number of nitrogens with zero attached hydrogens (tertiary/aromatic N) is 1. The first kappa shape index (κ1) is 14.4. The first-order valence-corrected chi connectivity index (χ1v) is 7.34. The van der Waals surface area contributed by atoms with Crippen LogP contribution in [0, 0.1) is 5.41 Å². The maximum absolute atomic E-state index is 12.3. The summed E-state index contributed by atoms with van der Waals surface area (Å²) in [5, 5.41) is 0. The molecule has 0 spiro atoms. The van der Waals surface area contributed by atoms with Crippen molar-refractivity contribution in [3.63, 3.8) is 0 Å². The van der Waals surface area contributed by atoms with Crippen molar-refractivity contribution in [2.24, 2.45) is 5.41 Å². The molecule has 2 fully saturated rings. The molecule has 2 rings (SSSR count). The Kier molecular flexibility index (Phi) is 3.88. The average molecular weight is 267 g/mol. The zero-order chi connectivity index (χ0) is 14.1. The molecule has 2 atom stereocenters. The van der Waals surface area contributed by atoms with Gasteiger partial charge in [-0.1, -0.05) is 12.8 Å². The highest BCUT2D eigenvalue weighted by Crippen LogP contribution is 2.44. The molecule has 19 heavy (non-hydrogen) atoms. The molecule has 1 amide bonds. The molecule has 4 heteroatoms. The molecule has 0 aromatic rings. The van der Waals surface area contributed by atoms with Gasteiger partial charge in [0, 0.05) is 18.0 Å². The Morgan fingerprint density at radius 2 is 1.95 bits per heavy atom. The van der Waals surface area contributed by atoms with Gasteiger partial charge in [-0.15, -0.1) is 0 Å². The molecule has 2 unspecified atom stereocenters. The molecular weight excluding hydrogens is 242 g/mol. The third-order valence-electron chi connectivity index (χ3n) is 4.31. The van der Waals surface area contributed by atoms with Crippen LogP contribution in [-0.2, 0) is 9.53 Å². The van der Waals surface area contributed by atoms with Crippen LogP contribution < -0.4 is 0 Å².